The van der Waals surface area contributed by atoms with Crippen molar-refractivity contribution in [2.24, 2.45) is 0 Å². The smallest absolute Gasteiger partial charge is 0.221 e. The standard InChI is InChI=1S/C21H30N2O2S/c1-14-8-16(3)20(17(4)9-14)12-23(22-26(7,24)25)13-21-18(5)10-15(2)11-19(21)6/h8-11,22H,12-13H2,1-7H3. The first-order chi connectivity index (χ1) is 12.0. The van der Waals surface area contributed by atoms with Crippen molar-refractivity contribution in [1.82, 2.24) is 9.84 Å². The second-order valence-electron chi connectivity index (χ2n) is 7.47. The zero-order valence-corrected chi connectivity index (χ0v) is 17.7. The predicted octanol–water partition coefficient (Wildman–Crippen LogP) is 4.00. The molecule has 0 bridgehead atoms. The highest BCUT2D eigenvalue weighted by Gasteiger charge is 2.17. The molecule has 5 heteroatoms. The van der Waals surface area contributed by atoms with Crippen LogP contribution in [0.3, 0.4) is 0 Å². The quantitative estimate of drug-likeness (QED) is 0.778. The van der Waals surface area contributed by atoms with E-state index in [0.29, 0.717) is 13.1 Å². The van der Waals surface area contributed by atoms with Crippen LogP contribution in [0.15, 0.2) is 24.3 Å². The lowest BCUT2D eigenvalue weighted by molar-refractivity contribution is 0.221. The molecule has 142 valence electrons. The maximum Gasteiger partial charge on any atom is 0.221 e. The number of aryl methyl sites for hydroxylation is 6. The third-order valence-electron chi connectivity index (χ3n) is 4.67. The molecule has 0 spiro atoms. The molecule has 0 atom stereocenters. The average molecular weight is 375 g/mol. The summed E-state index contributed by atoms with van der Waals surface area (Å²) in [5.41, 5.74) is 9.48. The van der Waals surface area contributed by atoms with Crippen molar-refractivity contribution in [3.63, 3.8) is 0 Å². The molecule has 0 aliphatic heterocycles. The van der Waals surface area contributed by atoms with Gasteiger partial charge >= 0.3 is 0 Å². The van der Waals surface area contributed by atoms with E-state index in [2.05, 4.69) is 70.6 Å². The summed E-state index contributed by atoms with van der Waals surface area (Å²) in [6, 6.07) is 8.57. The van der Waals surface area contributed by atoms with E-state index in [-0.39, 0.29) is 0 Å². The summed E-state index contributed by atoms with van der Waals surface area (Å²) in [4.78, 5) is 2.70. The summed E-state index contributed by atoms with van der Waals surface area (Å²) in [6.45, 7) is 13.5. The van der Waals surface area contributed by atoms with Gasteiger partial charge in [-0.15, -0.1) is 4.83 Å². The van der Waals surface area contributed by atoms with Gasteiger partial charge in [0.05, 0.1) is 6.26 Å². The first kappa shape index (κ1) is 20.6. The Bertz CT molecular complexity index is 812. The molecule has 0 aliphatic rings. The summed E-state index contributed by atoms with van der Waals surface area (Å²) in [7, 11) is -3.36. The highest BCUT2D eigenvalue weighted by molar-refractivity contribution is 7.88. The summed E-state index contributed by atoms with van der Waals surface area (Å²) < 4.78 is 23.8. The number of nitrogens with one attached hydrogen (secondary N) is 1. The van der Waals surface area contributed by atoms with Crippen molar-refractivity contribution in [2.45, 2.75) is 54.6 Å². The van der Waals surface area contributed by atoms with E-state index < -0.39 is 10.0 Å². The molecule has 0 amide bonds. The third-order valence-corrected chi connectivity index (χ3v) is 5.26. The van der Waals surface area contributed by atoms with Gasteiger partial charge in [-0.25, -0.2) is 13.4 Å². The van der Waals surface area contributed by atoms with Crippen molar-refractivity contribution in [1.29, 1.82) is 0 Å². The van der Waals surface area contributed by atoms with Crippen LogP contribution < -0.4 is 4.83 Å². The molecule has 0 heterocycles. The summed E-state index contributed by atoms with van der Waals surface area (Å²) in [6.07, 6.45) is 1.20. The first-order valence-corrected chi connectivity index (χ1v) is 10.7. The minimum absolute atomic E-state index is 0.526. The molecule has 2 aromatic rings. The van der Waals surface area contributed by atoms with Crippen LogP contribution >= 0.6 is 0 Å². The number of rotatable bonds is 6. The van der Waals surface area contributed by atoms with Gasteiger partial charge in [-0.2, -0.15) is 0 Å². The largest absolute Gasteiger partial charge is 0.222 e. The summed E-state index contributed by atoms with van der Waals surface area (Å²) >= 11 is 0. The molecular weight excluding hydrogens is 344 g/mol. The maximum absolute atomic E-state index is 11.9. The Kier molecular flexibility index (Phi) is 6.27. The fraction of sp³-hybridized carbons (Fsp3) is 0.429. The average Bonchev–Trinajstić information content (AvgIpc) is 2.44. The summed E-state index contributed by atoms with van der Waals surface area (Å²) in [5.74, 6) is 0. The molecular formula is C21H30N2O2S. The van der Waals surface area contributed by atoms with Gasteiger partial charge in [0, 0.05) is 13.1 Å². The van der Waals surface area contributed by atoms with Crippen molar-refractivity contribution in [3.05, 3.63) is 68.8 Å². The van der Waals surface area contributed by atoms with Crippen LogP contribution in [0.4, 0.5) is 0 Å². The molecule has 2 rings (SSSR count). The Morgan fingerprint density at radius 2 is 1.04 bits per heavy atom. The topological polar surface area (TPSA) is 49.4 Å². The van der Waals surface area contributed by atoms with Crippen molar-refractivity contribution in [3.8, 4) is 0 Å². The number of benzene rings is 2. The van der Waals surface area contributed by atoms with E-state index in [1.807, 2.05) is 0 Å². The fourth-order valence-electron chi connectivity index (χ4n) is 3.66. The van der Waals surface area contributed by atoms with Crippen molar-refractivity contribution >= 4 is 10.0 Å². The molecule has 2 aromatic carbocycles. The Labute approximate surface area is 158 Å². The number of hydrogen-bond donors (Lipinski definition) is 1. The molecule has 0 aliphatic carbocycles. The van der Waals surface area contributed by atoms with Crippen molar-refractivity contribution < 1.29 is 8.42 Å². The molecule has 0 fully saturated rings. The number of sulfonamides is 1. The SMILES string of the molecule is Cc1cc(C)c(CN(Cc2c(C)cc(C)cc2C)NS(C)(=O)=O)c(C)c1. The lowest BCUT2D eigenvalue weighted by Gasteiger charge is -2.26. The molecule has 4 nitrogen and oxygen atoms in total. The van der Waals surface area contributed by atoms with E-state index in [1.54, 1.807) is 5.01 Å². The first-order valence-electron chi connectivity index (χ1n) is 8.82. The molecule has 0 saturated carbocycles. The zero-order chi connectivity index (χ0) is 19.6. The van der Waals surface area contributed by atoms with Crippen LogP contribution in [0.2, 0.25) is 0 Å². The maximum atomic E-state index is 11.9. The van der Waals surface area contributed by atoms with Gasteiger partial charge in [-0.3, -0.25) is 0 Å². The van der Waals surface area contributed by atoms with Crippen molar-refractivity contribution in [2.75, 3.05) is 6.26 Å². The molecule has 0 unspecified atom stereocenters. The van der Waals surface area contributed by atoms with Gasteiger partial charge in [0.2, 0.25) is 10.0 Å². The van der Waals surface area contributed by atoms with Crippen LogP contribution in [0, 0.1) is 41.5 Å². The van der Waals surface area contributed by atoms with Crippen LogP contribution in [-0.4, -0.2) is 19.7 Å². The number of hydrazine groups is 1. The zero-order valence-electron chi connectivity index (χ0n) is 16.9. The van der Waals surface area contributed by atoms with E-state index >= 15 is 0 Å². The normalized spacial score (nSPS) is 12.0. The van der Waals surface area contributed by atoms with Gasteiger partial charge in [0.15, 0.2) is 0 Å². The van der Waals surface area contributed by atoms with Gasteiger partial charge in [0.25, 0.3) is 0 Å². The monoisotopic (exact) mass is 374 g/mol. The van der Waals surface area contributed by atoms with Crippen LogP contribution in [-0.2, 0) is 23.1 Å². The Morgan fingerprint density at radius 1 is 0.731 bits per heavy atom. The van der Waals surface area contributed by atoms with E-state index in [4.69, 9.17) is 0 Å². The number of hydrogen-bond acceptors (Lipinski definition) is 3. The molecule has 1 N–H and O–H groups in total. The van der Waals surface area contributed by atoms with Crippen LogP contribution in [0.1, 0.15) is 44.5 Å². The fourth-order valence-corrected chi connectivity index (χ4v) is 4.25. The Morgan fingerprint density at radius 3 is 1.31 bits per heavy atom. The highest BCUT2D eigenvalue weighted by Crippen LogP contribution is 2.22. The molecule has 0 radical (unpaired) electrons. The van der Waals surface area contributed by atoms with E-state index in [0.717, 1.165) is 11.1 Å². The summed E-state index contributed by atoms with van der Waals surface area (Å²) in [5, 5.41) is 1.80. The Balaban J connectivity index is 2.40. The van der Waals surface area contributed by atoms with Crippen LogP contribution in [0.25, 0.3) is 0 Å². The van der Waals surface area contributed by atoms with Crippen LogP contribution in [0.5, 0.6) is 0 Å². The van der Waals surface area contributed by atoms with Gasteiger partial charge in [0.1, 0.15) is 0 Å². The lowest BCUT2D eigenvalue weighted by atomic mass is 9.98. The van der Waals surface area contributed by atoms with Gasteiger partial charge in [-0.1, -0.05) is 35.4 Å². The minimum Gasteiger partial charge on any atom is -0.222 e. The van der Waals surface area contributed by atoms with Gasteiger partial charge < -0.3 is 0 Å². The second kappa shape index (κ2) is 7.91. The third kappa shape index (κ3) is 5.40. The Hall–Kier alpha value is -1.69. The van der Waals surface area contributed by atoms with Gasteiger partial charge in [-0.05, 0) is 74.9 Å². The molecule has 0 saturated heterocycles. The predicted molar refractivity (Wildman–Crippen MR) is 109 cm³/mol. The molecule has 0 aromatic heterocycles. The van der Waals surface area contributed by atoms with E-state index in [9.17, 15) is 8.42 Å². The lowest BCUT2D eigenvalue weighted by Crippen LogP contribution is -2.41. The second-order valence-corrected chi connectivity index (χ2v) is 9.20. The minimum atomic E-state index is -3.36. The number of nitrogens with zero attached hydrogens (tertiary/aromatic N) is 1. The van der Waals surface area contributed by atoms with E-state index in [1.165, 1.54) is 39.6 Å². The molecule has 26 heavy (non-hydrogen) atoms. The highest BCUT2D eigenvalue weighted by atomic mass is 32.2.